The Morgan fingerprint density at radius 2 is 2.41 bits per heavy atom. The van der Waals surface area contributed by atoms with Crippen LogP contribution in [-0.2, 0) is 4.79 Å². The molecule has 88 valence electrons. The van der Waals surface area contributed by atoms with E-state index in [0.29, 0.717) is 17.4 Å². The molecule has 0 saturated heterocycles. The molecule has 17 heavy (non-hydrogen) atoms. The highest BCUT2D eigenvalue weighted by Gasteiger charge is 2.25. The van der Waals surface area contributed by atoms with Crippen molar-refractivity contribution >= 4 is 11.7 Å². The summed E-state index contributed by atoms with van der Waals surface area (Å²) < 4.78 is 0. The highest BCUT2D eigenvalue weighted by molar-refractivity contribution is 5.84. The summed E-state index contributed by atoms with van der Waals surface area (Å²) in [6.45, 7) is 1.73. The number of rotatable bonds is 4. The minimum Gasteiger partial charge on any atom is -0.356 e. The maximum atomic E-state index is 11.7. The number of amides is 1. The zero-order chi connectivity index (χ0) is 12.3. The molecular formula is C11H13N5O. The molecule has 6 heteroatoms. The van der Waals surface area contributed by atoms with Crippen LogP contribution in [0.3, 0.4) is 0 Å². The third-order valence-corrected chi connectivity index (χ3v) is 2.51. The van der Waals surface area contributed by atoms with Crippen LogP contribution in [0.25, 0.3) is 0 Å². The van der Waals surface area contributed by atoms with Gasteiger partial charge in [0.25, 0.3) is 0 Å². The summed E-state index contributed by atoms with van der Waals surface area (Å²) >= 11 is 0. The average molecular weight is 231 g/mol. The number of aromatic nitrogens is 2. The van der Waals surface area contributed by atoms with Gasteiger partial charge in [0.05, 0.1) is 11.8 Å². The van der Waals surface area contributed by atoms with Crippen molar-refractivity contribution in [3.8, 4) is 6.07 Å². The first-order valence-corrected chi connectivity index (χ1v) is 5.49. The molecule has 1 saturated carbocycles. The van der Waals surface area contributed by atoms with E-state index in [1.807, 2.05) is 6.07 Å². The fourth-order valence-corrected chi connectivity index (χ4v) is 1.35. The van der Waals surface area contributed by atoms with Crippen molar-refractivity contribution in [2.24, 2.45) is 0 Å². The number of carbonyl (C=O) groups excluding carboxylic acids is 1. The summed E-state index contributed by atoms with van der Waals surface area (Å²) in [6.07, 6.45) is 3.54. The molecule has 0 spiro atoms. The number of hydrogen-bond acceptors (Lipinski definition) is 5. The smallest absolute Gasteiger partial charge is 0.242 e. The van der Waals surface area contributed by atoms with Gasteiger partial charge in [-0.05, 0) is 25.8 Å². The molecule has 0 bridgehead atoms. The Morgan fingerprint density at radius 1 is 1.65 bits per heavy atom. The highest BCUT2D eigenvalue weighted by atomic mass is 16.2. The average Bonchev–Trinajstić information content (AvgIpc) is 3.13. The van der Waals surface area contributed by atoms with E-state index in [9.17, 15) is 4.79 Å². The summed E-state index contributed by atoms with van der Waals surface area (Å²) in [4.78, 5) is 11.7. The lowest BCUT2D eigenvalue weighted by Crippen LogP contribution is -2.39. The molecule has 1 heterocycles. The summed E-state index contributed by atoms with van der Waals surface area (Å²) in [6, 6.07) is 3.44. The maximum Gasteiger partial charge on any atom is 0.242 e. The van der Waals surface area contributed by atoms with Crippen molar-refractivity contribution < 1.29 is 4.79 Å². The molecule has 0 aromatic carbocycles. The molecule has 1 aromatic rings. The zero-order valence-electron chi connectivity index (χ0n) is 9.47. The molecular weight excluding hydrogens is 218 g/mol. The second-order valence-electron chi connectivity index (χ2n) is 4.05. The Balaban J connectivity index is 1.99. The SMILES string of the molecule is CC(Nc1nnccc1C#N)C(=O)NC1CC1. The van der Waals surface area contributed by atoms with Crippen LogP contribution in [0.15, 0.2) is 12.3 Å². The minimum absolute atomic E-state index is 0.0814. The maximum absolute atomic E-state index is 11.7. The van der Waals surface area contributed by atoms with Gasteiger partial charge in [-0.15, -0.1) is 5.10 Å². The summed E-state index contributed by atoms with van der Waals surface area (Å²) in [7, 11) is 0. The van der Waals surface area contributed by atoms with Gasteiger partial charge < -0.3 is 10.6 Å². The van der Waals surface area contributed by atoms with E-state index >= 15 is 0 Å². The fraction of sp³-hybridized carbons (Fsp3) is 0.455. The van der Waals surface area contributed by atoms with Crippen LogP contribution in [0.1, 0.15) is 25.3 Å². The van der Waals surface area contributed by atoms with Crippen molar-refractivity contribution in [1.29, 1.82) is 5.26 Å². The molecule has 1 fully saturated rings. The van der Waals surface area contributed by atoms with Crippen LogP contribution in [0, 0.1) is 11.3 Å². The van der Waals surface area contributed by atoms with Gasteiger partial charge in [-0.2, -0.15) is 10.4 Å². The van der Waals surface area contributed by atoms with E-state index in [1.54, 1.807) is 13.0 Å². The Morgan fingerprint density at radius 3 is 3.06 bits per heavy atom. The summed E-state index contributed by atoms with van der Waals surface area (Å²) in [5.74, 6) is 0.260. The van der Waals surface area contributed by atoms with Crippen molar-refractivity contribution in [2.45, 2.75) is 31.8 Å². The number of nitrogens with one attached hydrogen (secondary N) is 2. The topological polar surface area (TPSA) is 90.7 Å². The molecule has 2 N–H and O–H groups in total. The Hall–Kier alpha value is -2.16. The molecule has 1 unspecified atom stereocenters. The van der Waals surface area contributed by atoms with Crippen LogP contribution in [0.2, 0.25) is 0 Å². The van der Waals surface area contributed by atoms with Crippen LogP contribution in [0.4, 0.5) is 5.82 Å². The predicted octanol–water partition coefficient (Wildman–Crippen LogP) is 0.427. The van der Waals surface area contributed by atoms with Gasteiger partial charge in [-0.1, -0.05) is 0 Å². The molecule has 1 atom stereocenters. The Kier molecular flexibility index (Phi) is 3.19. The number of nitriles is 1. The Bertz CT molecular complexity index is 463. The molecule has 1 aliphatic carbocycles. The third kappa shape index (κ3) is 2.91. The lowest BCUT2D eigenvalue weighted by atomic mass is 10.2. The normalized spacial score (nSPS) is 15.8. The van der Waals surface area contributed by atoms with Crippen molar-refractivity contribution in [2.75, 3.05) is 5.32 Å². The molecule has 1 aliphatic rings. The largest absolute Gasteiger partial charge is 0.356 e. The first-order valence-electron chi connectivity index (χ1n) is 5.49. The molecule has 0 aliphatic heterocycles. The number of nitrogens with zero attached hydrogens (tertiary/aromatic N) is 3. The van der Waals surface area contributed by atoms with Crippen LogP contribution in [-0.4, -0.2) is 28.2 Å². The quantitative estimate of drug-likeness (QED) is 0.784. The van der Waals surface area contributed by atoms with E-state index in [-0.39, 0.29) is 5.91 Å². The Labute approximate surface area is 99.0 Å². The predicted molar refractivity (Wildman–Crippen MR) is 61.0 cm³/mol. The van der Waals surface area contributed by atoms with E-state index in [4.69, 9.17) is 5.26 Å². The third-order valence-electron chi connectivity index (χ3n) is 2.51. The first kappa shape index (κ1) is 11.3. The van der Waals surface area contributed by atoms with Crippen molar-refractivity contribution in [3.63, 3.8) is 0 Å². The fourth-order valence-electron chi connectivity index (χ4n) is 1.35. The van der Waals surface area contributed by atoms with Gasteiger partial charge in [-0.3, -0.25) is 4.79 Å². The zero-order valence-corrected chi connectivity index (χ0v) is 9.47. The second-order valence-corrected chi connectivity index (χ2v) is 4.05. The summed E-state index contributed by atoms with van der Waals surface area (Å²) in [5, 5.41) is 22.1. The van der Waals surface area contributed by atoms with Gasteiger partial charge in [-0.25, -0.2) is 0 Å². The van der Waals surface area contributed by atoms with Gasteiger partial charge in [0, 0.05) is 6.04 Å². The molecule has 0 radical (unpaired) electrons. The lowest BCUT2D eigenvalue weighted by molar-refractivity contribution is -0.121. The minimum atomic E-state index is -0.431. The van der Waals surface area contributed by atoms with E-state index in [0.717, 1.165) is 12.8 Å². The lowest BCUT2D eigenvalue weighted by Gasteiger charge is -2.14. The van der Waals surface area contributed by atoms with E-state index in [1.165, 1.54) is 6.20 Å². The van der Waals surface area contributed by atoms with Gasteiger partial charge in [0.15, 0.2) is 5.82 Å². The first-order chi connectivity index (χ1) is 8.20. The molecule has 1 aromatic heterocycles. The van der Waals surface area contributed by atoms with Crippen molar-refractivity contribution in [3.05, 3.63) is 17.8 Å². The standard InChI is InChI=1S/C11H13N5O/c1-7(11(17)15-9-2-3-9)14-10-8(6-12)4-5-13-16-10/h4-5,7,9H,2-3H2,1H3,(H,14,16)(H,15,17). The van der Waals surface area contributed by atoms with Gasteiger partial charge in [0.1, 0.15) is 12.1 Å². The highest BCUT2D eigenvalue weighted by Crippen LogP contribution is 2.19. The van der Waals surface area contributed by atoms with E-state index in [2.05, 4.69) is 20.8 Å². The van der Waals surface area contributed by atoms with Crippen molar-refractivity contribution in [1.82, 2.24) is 15.5 Å². The molecule has 6 nitrogen and oxygen atoms in total. The van der Waals surface area contributed by atoms with Crippen LogP contribution >= 0.6 is 0 Å². The summed E-state index contributed by atoms with van der Waals surface area (Å²) in [5.41, 5.74) is 0.381. The second kappa shape index (κ2) is 4.78. The molecule has 1 amide bonds. The van der Waals surface area contributed by atoms with E-state index < -0.39 is 6.04 Å². The monoisotopic (exact) mass is 231 g/mol. The van der Waals surface area contributed by atoms with Gasteiger partial charge in [0.2, 0.25) is 5.91 Å². The van der Waals surface area contributed by atoms with Gasteiger partial charge >= 0.3 is 0 Å². The van der Waals surface area contributed by atoms with Crippen LogP contribution in [0.5, 0.6) is 0 Å². The number of hydrogen-bond donors (Lipinski definition) is 2. The molecule has 2 rings (SSSR count). The number of carbonyl (C=O) groups is 1. The van der Waals surface area contributed by atoms with Crippen LogP contribution < -0.4 is 10.6 Å². The number of anilines is 1.